The van der Waals surface area contributed by atoms with Gasteiger partial charge in [0.15, 0.2) is 0 Å². The van der Waals surface area contributed by atoms with Crippen molar-refractivity contribution in [1.82, 2.24) is 10.2 Å². The minimum Gasteiger partial charge on any atom is -0.345 e. The van der Waals surface area contributed by atoms with E-state index in [0.29, 0.717) is 13.0 Å². The van der Waals surface area contributed by atoms with E-state index in [-0.39, 0.29) is 23.6 Å². The van der Waals surface area contributed by atoms with Crippen molar-refractivity contribution in [3.05, 3.63) is 0 Å². The highest BCUT2D eigenvalue weighted by Gasteiger charge is 2.30. The van der Waals surface area contributed by atoms with E-state index in [1.54, 1.807) is 18.1 Å². The molecular formula is C10H18N2O3S. The van der Waals surface area contributed by atoms with Crippen molar-refractivity contribution in [2.24, 2.45) is 0 Å². The van der Waals surface area contributed by atoms with Crippen molar-refractivity contribution in [3.8, 4) is 0 Å². The first-order valence-corrected chi connectivity index (χ1v) is 6.95. The Balaban J connectivity index is 2.54. The quantitative estimate of drug-likeness (QED) is 0.726. The van der Waals surface area contributed by atoms with Crippen LogP contribution in [0.3, 0.4) is 0 Å². The van der Waals surface area contributed by atoms with Crippen molar-refractivity contribution in [3.63, 3.8) is 0 Å². The number of carbonyl (C=O) groups is 2. The van der Waals surface area contributed by atoms with Crippen molar-refractivity contribution in [2.75, 3.05) is 19.3 Å². The first-order chi connectivity index (χ1) is 7.43. The van der Waals surface area contributed by atoms with Gasteiger partial charge in [0.2, 0.25) is 11.8 Å². The van der Waals surface area contributed by atoms with Crippen LogP contribution in [-0.2, 0) is 20.4 Å². The lowest BCUT2D eigenvalue weighted by Crippen LogP contribution is -2.57. The molecule has 6 heteroatoms. The highest BCUT2D eigenvalue weighted by molar-refractivity contribution is 7.84. The van der Waals surface area contributed by atoms with Gasteiger partial charge in [-0.05, 0) is 13.3 Å². The van der Waals surface area contributed by atoms with Gasteiger partial charge in [-0.2, -0.15) is 0 Å². The van der Waals surface area contributed by atoms with Crippen LogP contribution in [0.25, 0.3) is 0 Å². The fourth-order valence-electron chi connectivity index (χ4n) is 1.57. The number of rotatable bonds is 4. The van der Waals surface area contributed by atoms with E-state index in [4.69, 9.17) is 0 Å². The maximum Gasteiger partial charge on any atom is 0.242 e. The van der Waals surface area contributed by atoms with Crippen molar-refractivity contribution in [1.29, 1.82) is 0 Å². The van der Waals surface area contributed by atoms with Crippen LogP contribution < -0.4 is 5.32 Å². The minimum absolute atomic E-state index is 0.0463. The molecule has 3 atom stereocenters. The van der Waals surface area contributed by atoms with Crippen LogP contribution in [0.1, 0.15) is 20.3 Å². The Hall–Kier alpha value is -0.910. The summed E-state index contributed by atoms with van der Waals surface area (Å²) in [7, 11) is -0.884. The predicted octanol–water partition coefficient (Wildman–Crippen LogP) is -0.510. The Labute approximate surface area is 98.0 Å². The minimum atomic E-state index is -0.884. The molecule has 0 saturated carbocycles. The van der Waals surface area contributed by atoms with E-state index >= 15 is 0 Å². The molecule has 1 N–H and O–H groups in total. The molecule has 1 saturated heterocycles. The van der Waals surface area contributed by atoms with Crippen LogP contribution in [-0.4, -0.2) is 51.6 Å². The van der Waals surface area contributed by atoms with E-state index in [0.717, 1.165) is 0 Å². The highest BCUT2D eigenvalue weighted by Crippen LogP contribution is 2.09. The van der Waals surface area contributed by atoms with Crippen LogP contribution in [0.2, 0.25) is 0 Å². The van der Waals surface area contributed by atoms with Gasteiger partial charge in [-0.15, -0.1) is 0 Å². The molecule has 1 aliphatic rings. The zero-order valence-corrected chi connectivity index (χ0v) is 10.7. The summed E-state index contributed by atoms with van der Waals surface area (Å²) in [5, 5.41) is 2.58. The molecule has 1 aliphatic heterocycles. The number of hydrogen-bond donors (Lipinski definition) is 1. The van der Waals surface area contributed by atoms with E-state index in [2.05, 4.69) is 5.32 Å². The molecule has 0 spiro atoms. The zero-order valence-electron chi connectivity index (χ0n) is 9.86. The van der Waals surface area contributed by atoms with Crippen LogP contribution >= 0.6 is 0 Å². The SMILES string of the molecule is CC1C(=O)NCC(=O)N1CCC(C)S(C)=O. The van der Waals surface area contributed by atoms with Crippen molar-refractivity contribution >= 4 is 22.6 Å². The second-order valence-electron chi connectivity index (χ2n) is 4.08. The molecule has 1 heterocycles. The van der Waals surface area contributed by atoms with Gasteiger partial charge in [0.1, 0.15) is 6.04 Å². The van der Waals surface area contributed by atoms with Gasteiger partial charge in [-0.1, -0.05) is 6.92 Å². The Bertz CT molecular complexity index is 319. The van der Waals surface area contributed by atoms with E-state index < -0.39 is 16.8 Å². The summed E-state index contributed by atoms with van der Waals surface area (Å²) < 4.78 is 11.2. The first-order valence-electron chi connectivity index (χ1n) is 5.33. The van der Waals surface area contributed by atoms with Gasteiger partial charge in [0, 0.05) is 28.9 Å². The van der Waals surface area contributed by atoms with Crippen LogP contribution in [0, 0.1) is 0 Å². The van der Waals surface area contributed by atoms with Gasteiger partial charge < -0.3 is 10.2 Å². The summed E-state index contributed by atoms with van der Waals surface area (Å²) in [6.07, 6.45) is 2.31. The number of hydrogen-bond acceptors (Lipinski definition) is 3. The predicted molar refractivity (Wildman–Crippen MR) is 62.3 cm³/mol. The molecule has 16 heavy (non-hydrogen) atoms. The summed E-state index contributed by atoms with van der Waals surface area (Å²) >= 11 is 0. The van der Waals surface area contributed by atoms with Gasteiger partial charge in [0.25, 0.3) is 0 Å². The Kier molecular flexibility index (Phi) is 4.46. The lowest BCUT2D eigenvalue weighted by Gasteiger charge is -2.33. The Morgan fingerprint density at radius 2 is 2.19 bits per heavy atom. The van der Waals surface area contributed by atoms with E-state index in [9.17, 15) is 13.8 Å². The molecule has 5 nitrogen and oxygen atoms in total. The summed E-state index contributed by atoms with van der Waals surface area (Å²) in [5.74, 6) is -0.189. The number of amides is 2. The Morgan fingerprint density at radius 1 is 1.56 bits per heavy atom. The molecule has 0 radical (unpaired) electrons. The van der Waals surface area contributed by atoms with Crippen LogP contribution in [0.5, 0.6) is 0 Å². The molecule has 92 valence electrons. The molecule has 0 aliphatic carbocycles. The molecule has 0 aromatic heterocycles. The molecule has 1 fully saturated rings. The average molecular weight is 246 g/mol. The molecule has 0 aromatic rings. The first kappa shape index (κ1) is 13.2. The fourth-order valence-corrected chi connectivity index (χ4v) is 2.01. The largest absolute Gasteiger partial charge is 0.345 e. The second-order valence-corrected chi connectivity index (χ2v) is 5.88. The number of nitrogens with zero attached hydrogens (tertiary/aromatic N) is 1. The smallest absolute Gasteiger partial charge is 0.242 e. The van der Waals surface area contributed by atoms with Crippen LogP contribution in [0.4, 0.5) is 0 Å². The third-order valence-electron chi connectivity index (χ3n) is 2.92. The summed E-state index contributed by atoms with van der Waals surface area (Å²) in [6, 6.07) is -0.418. The van der Waals surface area contributed by atoms with Crippen LogP contribution in [0.15, 0.2) is 0 Å². The van der Waals surface area contributed by atoms with E-state index in [1.807, 2.05) is 6.92 Å². The number of nitrogens with one attached hydrogen (secondary N) is 1. The maximum atomic E-state index is 11.6. The van der Waals surface area contributed by atoms with Crippen molar-refractivity contribution < 1.29 is 13.8 Å². The fraction of sp³-hybridized carbons (Fsp3) is 0.800. The third-order valence-corrected chi connectivity index (χ3v) is 4.29. The maximum absolute atomic E-state index is 11.6. The van der Waals surface area contributed by atoms with Gasteiger partial charge >= 0.3 is 0 Å². The van der Waals surface area contributed by atoms with Gasteiger partial charge in [-0.3, -0.25) is 13.8 Å². The number of carbonyl (C=O) groups excluding carboxylic acids is 2. The molecule has 0 aromatic carbocycles. The summed E-state index contributed by atoms with van der Waals surface area (Å²) in [6.45, 7) is 4.16. The summed E-state index contributed by atoms with van der Waals surface area (Å²) in [5.41, 5.74) is 0. The zero-order chi connectivity index (χ0) is 12.3. The standard InChI is InChI=1S/C10H18N2O3S/c1-7(16(3)15)4-5-12-8(2)10(14)11-6-9(12)13/h7-8H,4-6H2,1-3H3,(H,11,14). The van der Waals surface area contributed by atoms with Gasteiger partial charge in [0.05, 0.1) is 6.54 Å². The third kappa shape index (κ3) is 3.04. The second kappa shape index (κ2) is 5.43. The van der Waals surface area contributed by atoms with Crippen molar-refractivity contribution in [2.45, 2.75) is 31.6 Å². The molecule has 2 amide bonds. The number of piperazine rings is 1. The topological polar surface area (TPSA) is 66.5 Å². The molecular weight excluding hydrogens is 228 g/mol. The monoisotopic (exact) mass is 246 g/mol. The molecule has 3 unspecified atom stereocenters. The molecule has 0 bridgehead atoms. The lowest BCUT2D eigenvalue weighted by atomic mass is 10.2. The average Bonchev–Trinajstić information content (AvgIpc) is 2.23. The lowest BCUT2D eigenvalue weighted by molar-refractivity contribution is -0.144. The summed E-state index contributed by atoms with van der Waals surface area (Å²) in [4.78, 5) is 24.5. The Morgan fingerprint density at radius 3 is 2.75 bits per heavy atom. The normalized spacial score (nSPS) is 25.2. The van der Waals surface area contributed by atoms with Gasteiger partial charge in [-0.25, -0.2) is 0 Å². The molecule has 1 rings (SSSR count). The van der Waals surface area contributed by atoms with E-state index in [1.165, 1.54) is 0 Å². The highest BCUT2D eigenvalue weighted by atomic mass is 32.2.